The molecule has 0 aliphatic carbocycles. The molecule has 1 aromatic rings. The largest absolute Gasteiger partial charge is 0.497 e. The lowest BCUT2D eigenvalue weighted by atomic mass is 10.1. The molecule has 0 aromatic heterocycles. The van der Waals surface area contributed by atoms with Crippen LogP contribution in [0.15, 0.2) is 18.2 Å². The fourth-order valence-corrected chi connectivity index (χ4v) is 1.86. The molecule has 75 valence electrons. The first-order valence-corrected chi connectivity index (χ1v) is 5.21. The Hall–Kier alpha value is -1.18. The van der Waals surface area contributed by atoms with E-state index in [0.29, 0.717) is 0 Å². The van der Waals surface area contributed by atoms with Crippen LogP contribution in [0.5, 0.6) is 5.75 Å². The van der Waals surface area contributed by atoms with Crippen LogP contribution in [0.1, 0.15) is 19.3 Å². The minimum absolute atomic E-state index is 0.880. The quantitative estimate of drug-likeness (QED) is 0.710. The first-order valence-electron chi connectivity index (χ1n) is 5.21. The van der Waals surface area contributed by atoms with Crippen molar-refractivity contribution in [3.8, 4) is 5.75 Å². The van der Waals surface area contributed by atoms with E-state index in [4.69, 9.17) is 4.74 Å². The van der Waals surface area contributed by atoms with Crippen molar-refractivity contribution in [2.75, 3.05) is 25.1 Å². The zero-order valence-electron chi connectivity index (χ0n) is 8.62. The number of anilines is 1. The molecule has 1 aromatic carbocycles. The standard InChI is InChI=1S/C12H16NO/c1-14-12-7-5-11(6-8-12)13-9-3-2-4-10-13/h5,7-8H,2-4,9-10H2,1H3. The summed E-state index contributed by atoms with van der Waals surface area (Å²) < 4.78 is 5.11. The summed E-state index contributed by atoms with van der Waals surface area (Å²) in [7, 11) is 1.68. The van der Waals surface area contributed by atoms with E-state index in [1.165, 1.54) is 38.0 Å². The maximum Gasteiger partial charge on any atom is 0.119 e. The highest BCUT2D eigenvalue weighted by Gasteiger charge is 2.10. The number of piperidine rings is 1. The molecule has 2 nitrogen and oxygen atoms in total. The SMILES string of the molecule is COc1c[c]c(N2CCCCC2)cc1. The smallest absolute Gasteiger partial charge is 0.119 e. The molecule has 0 unspecified atom stereocenters. The highest BCUT2D eigenvalue weighted by atomic mass is 16.5. The minimum atomic E-state index is 0.880. The molecule has 0 saturated carbocycles. The molecule has 0 atom stereocenters. The van der Waals surface area contributed by atoms with E-state index in [-0.39, 0.29) is 0 Å². The van der Waals surface area contributed by atoms with Crippen LogP contribution in [0.3, 0.4) is 0 Å². The van der Waals surface area contributed by atoms with E-state index < -0.39 is 0 Å². The normalized spacial score (nSPS) is 16.8. The number of rotatable bonds is 2. The van der Waals surface area contributed by atoms with Crippen molar-refractivity contribution in [1.82, 2.24) is 0 Å². The fourth-order valence-electron chi connectivity index (χ4n) is 1.86. The Morgan fingerprint density at radius 2 is 2.00 bits per heavy atom. The van der Waals surface area contributed by atoms with Crippen molar-refractivity contribution in [2.45, 2.75) is 19.3 Å². The molecule has 0 spiro atoms. The minimum Gasteiger partial charge on any atom is -0.497 e. The monoisotopic (exact) mass is 190 g/mol. The number of hydrogen-bond donors (Lipinski definition) is 0. The Labute approximate surface area is 85.5 Å². The van der Waals surface area contributed by atoms with Crippen LogP contribution in [-0.2, 0) is 0 Å². The lowest BCUT2D eigenvalue weighted by Crippen LogP contribution is -2.29. The van der Waals surface area contributed by atoms with Gasteiger partial charge in [0.05, 0.1) is 7.11 Å². The van der Waals surface area contributed by atoms with Crippen molar-refractivity contribution >= 4 is 5.69 Å². The van der Waals surface area contributed by atoms with Crippen LogP contribution in [0.2, 0.25) is 0 Å². The van der Waals surface area contributed by atoms with Crippen molar-refractivity contribution in [3.63, 3.8) is 0 Å². The first kappa shape index (κ1) is 9.38. The van der Waals surface area contributed by atoms with Crippen LogP contribution in [-0.4, -0.2) is 20.2 Å². The van der Waals surface area contributed by atoms with Crippen LogP contribution < -0.4 is 9.64 Å². The van der Waals surface area contributed by atoms with Gasteiger partial charge in [0.15, 0.2) is 0 Å². The highest BCUT2D eigenvalue weighted by molar-refractivity contribution is 5.48. The summed E-state index contributed by atoms with van der Waals surface area (Å²) in [4.78, 5) is 2.39. The van der Waals surface area contributed by atoms with Gasteiger partial charge in [0.2, 0.25) is 0 Å². The third-order valence-electron chi connectivity index (χ3n) is 2.70. The molecule has 0 N–H and O–H groups in total. The predicted molar refractivity (Wildman–Crippen MR) is 57.9 cm³/mol. The molecule has 2 rings (SSSR count). The number of hydrogen-bond acceptors (Lipinski definition) is 2. The van der Waals surface area contributed by atoms with Gasteiger partial charge in [-0.2, -0.15) is 0 Å². The third kappa shape index (κ3) is 2.00. The second-order valence-electron chi connectivity index (χ2n) is 3.66. The highest BCUT2D eigenvalue weighted by Crippen LogP contribution is 2.21. The summed E-state index contributed by atoms with van der Waals surface area (Å²) in [6.45, 7) is 2.34. The second kappa shape index (κ2) is 4.36. The van der Waals surface area contributed by atoms with Gasteiger partial charge in [-0.1, -0.05) is 0 Å². The van der Waals surface area contributed by atoms with Gasteiger partial charge in [-0.15, -0.1) is 0 Å². The molecule has 14 heavy (non-hydrogen) atoms. The number of nitrogens with zero attached hydrogens (tertiary/aromatic N) is 1. The molecule has 1 heterocycles. The molecule has 0 amide bonds. The van der Waals surface area contributed by atoms with Crippen LogP contribution in [0.4, 0.5) is 5.69 Å². The Morgan fingerprint density at radius 3 is 2.57 bits per heavy atom. The van der Waals surface area contributed by atoms with Crippen LogP contribution in [0, 0.1) is 6.07 Å². The number of benzene rings is 1. The Morgan fingerprint density at radius 1 is 1.21 bits per heavy atom. The Bertz CT molecular complexity index is 275. The summed E-state index contributed by atoms with van der Waals surface area (Å²) in [5.74, 6) is 0.880. The zero-order valence-corrected chi connectivity index (χ0v) is 8.62. The second-order valence-corrected chi connectivity index (χ2v) is 3.66. The summed E-state index contributed by atoms with van der Waals surface area (Å²) in [5.41, 5.74) is 1.20. The van der Waals surface area contributed by atoms with Gasteiger partial charge < -0.3 is 9.64 Å². The molecule has 1 saturated heterocycles. The zero-order chi connectivity index (χ0) is 9.80. The van der Waals surface area contributed by atoms with Crippen molar-refractivity contribution < 1.29 is 4.74 Å². The molecule has 0 bridgehead atoms. The first-order chi connectivity index (χ1) is 6.90. The van der Waals surface area contributed by atoms with Gasteiger partial charge in [0, 0.05) is 24.8 Å². The van der Waals surface area contributed by atoms with Gasteiger partial charge >= 0.3 is 0 Å². The van der Waals surface area contributed by atoms with E-state index in [0.717, 1.165) is 5.75 Å². The third-order valence-corrected chi connectivity index (χ3v) is 2.70. The average Bonchev–Trinajstić information content (AvgIpc) is 2.30. The maximum absolute atomic E-state index is 5.11. The summed E-state index contributed by atoms with van der Waals surface area (Å²) >= 11 is 0. The van der Waals surface area contributed by atoms with Gasteiger partial charge in [0.1, 0.15) is 5.75 Å². The predicted octanol–water partition coefficient (Wildman–Crippen LogP) is 2.49. The topological polar surface area (TPSA) is 12.5 Å². The molecule has 1 radical (unpaired) electrons. The molecule has 1 aliphatic heterocycles. The van der Waals surface area contributed by atoms with Crippen LogP contribution >= 0.6 is 0 Å². The van der Waals surface area contributed by atoms with Gasteiger partial charge in [-0.3, -0.25) is 0 Å². The molecule has 1 fully saturated rings. The van der Waals surface area contributed by atoms with Gasteiger partial charge in [-0.05, 0) is 37.5 Å². The molecular formula is C12H16NO. The molecular weight excluding hydrogens is 174 g/mol. The number of methoxy groups -OCH3 is 1. The van der Waals surface area contributed by atoms with E-state index >= 15 is 0 Å². The van der Waals surface area contributed by atoms with E-state index in [2.05, 4.69) is 17.0 Å². The molecule has 2 heteroatoms. The van der Waals surface area contributed by atoms with E-state index in [1.807, 2.05) is 12.1 Å². The lowest BCUT2D eigenvalue weighted by Gasteiger charge is -2.28. The Kier molecular flexibility index (Phi) is 2.92. The van der Waals surface area contributed by atoms with Gasteiger partial charge in [-0.25, -0.2) is 0 Å². The van der Waals surface area contributed by atoms with Crippen LogP contribution in [0.25, 0.3) is 0 Å². The summed E-state index contributed by atoms with van der Waals surface area (Å²) in [6, 6.07) is 9.25. The maximum atomic E-state index is 5.11. The Balaban J connectivity index is 2.07. The van der Waals surface area contributed by atoms with Crippen molar-refractivity contribution in [1.29, 1.82) is 0 Å². The van der Waals surface area contributed by atoms with Crippen molar-refractivity contribution in [3.05, 3.63) is 24.3 Å². The van der Waals surface area contributed by atoms with E-state index in [9.17, 15) is 0 Å². The van der Waals surface area contributed by atoms with Crippen molar-refractivity contribution in [2.24, 2.45) is 0 Å². The number of ether oxygens (including phenoxy) is 1. The molecule has 1 aliphatic rings. The summed E-state index contributed by atoms with van der Waals surface area (Å²) in [5, 5.41) is 0. The van der Waals surface area contributed by atoms with E-state index in [1.54, 1.807) is 7.11 Å². The van der Waals surface area contributed by atoms with Gasteiger partial charge in [0.25, 0.3) is 0 Å². The fraction of sp³-hybridized carbons (Fsp3) is 0.500. The summed E-state index contributed by atoms with van der Waals surface area (Å²) in [6.07, 6.45) is 3.98. The average molecular weight is 190 g/mol. The lowest BCUT2D eigenvalue weighted by molar-refractivity contribution is 0.414.